The highest BCUT2D eigenvalue weighted by molar-refractivity contribution is 5.88. The monoisotopic (exact) mass is 226 g/mol. The van der Waals surface area contributed by atoms with E-state index in [0.29, 0.717) is 0 Å². The van der Waals surface area contributed by atoms with Gasteiger partial charge in [0.2, 0.25) is 0 Å². The van der Waals surface area contributed by atoms with Gasteiger partial charge in [0, 0.05) is 5.41 Å². The molecule has 2 rings (SSSR count). The molecule has 0 aliphatic heterocycles. The van der Waals surface area contributed by atoms with Gasteiger partial charge in [-0.25, -0.2) is 0 Å². The normalized spacial score (nSPS) is 19.7. The van der Waals surface area contributed by atoms with Gasteiger partial charge < -0.3 is 0 Å². The fraction of sp³-hybridized carbons (Fsp3) is 0.412. The SMILES string of the molecule is C=C1/C(=C\CC)C(CC)(CC)c2ccccc21. The van der Waals surface area contributed by atoms with Crippen LogP contribution in [0, 0.1) is 0 Å². The number of benzene rings is 1. The highest BCUT2D eigenvalue weighted by Gasteiger charge is 2.41. The molecule has 17 heavy (non-hydrogen) atoms. The van der Waals surface area contributed by atoms with Gasteiger partial charge in [-0.1, -0.05) is 57.7 Å². The maximum atomic E-state index is 4.32. The molecule has 1 aliphatic carbocycles. The molecule has 0 saturated heterocycles. The highest BCUT2D eigenvalue weighted by atomic mass is 14.4. The lowest BCUT2D eigenvalue weighted by Gasteiger charge is -2.30. The van der Waals surface area contributed by atoms with E-state index in [1.54, 1.807) is 0 Å². The molecule has 0 fully saturated rings. The third-order valence-corrected chi connectivity index (χ3v) is 4.22. The zero-order valence-electron chi connectivity index (χ0n) is 11.2. The van der Waals surface area contributed by atoms with Gasteiger partial charge in [0.1, 0.15) is 0 Å². The predicted octanol–water partition coefficient (Wildman–Crippen LogP) is 5.11. The third kappa shape index (κ3) is 1.58. The molecule has 0 nitrogen and oxygen atoms in total. The molecule has 0 aromatic heterocycles. The lowest BCUT2D eigenvalue weighted by molar-refractivity contribution is 0.489. The average molecular weight is 226 g/mol. The van der Waals surface area contributed by atoms with Crippen molar-refractivity contribution in [3.05, 3.63) is 53.6 Å². The van der Waals surface area contributed by atoms with Crippen molar-refractivity contribution < 1.29 is 0 Å². The van der Waals surface area contributed by atoms with E-state index in [1.807, 2.05) is 0 Å². The Labute approximate surface area is 105 Å². The lowest BCUT2D eigenvalue weighted by Crippen LogP contribution is -2.23. The second kappa shape index (κ2) is 4.52. The molecular weight excluding hydrogens is 204 g/mol. The molecule has 1 aromatic carbocycles. The van der Waals surface area contributed by atoms with Crippen LogP contribution in [0.15, 0.2) is 42.5 Å². The van der Waals surface area contributed by atoms with Crippen molar-refractivity contribution in [2.75, 3.05) is 0 Å². The first kappa shape index (κ1) is 12.2. The highest BCUT2D eigenvalue weighted by Crippen LogP contribution is 2.52. The van der Waals surface area contributed by atoms with Crippen molar-refractivity contribution in [1.29, 1.82) is 0 Å². The van der Waals surface area contributed by atoms with E-state index in [4.69, 9.17) is 0 Å². The summed E-state index contributed by atoms with van der Waals surface area (Å²) in [5.74, 6) is 0. The Morgan fingerprint density at radius 1 is 1.12 bits per heavy atom. The molecule has 1 aromatic rings. The fourth-order valence-electron chi connectivity index (χ4n) is 3.28. The second-order valence-corrected chi connectivity index (χ2v) is 4.84. The van der Waals surface area contributed by atoms with E-state index in [2.05, 4.69) is 57.7 Å². The topological polar surface area (TPSA) is 0 Å². The van der Waals surface area contributed by atoms with Crippen molar-refractivity contribution in [1.82, 2.24) is 0 Å². The summed E-state index contributed by atoms with van der Waals surface area (Å²) < 4.78 is 0. The van der Waals surface area contributed by atoms with Gasteiger partial charge >= 0.3 is 0 Å². The third-order valence-electron chi connectivity index (χ3n) is 4.22. The minimum absolute atomic E-state index is 0.212. The molecule has 0 heterocycles. The number of fused-ring (bicyclic) bond motifs is 1. The fourth-order valence-corrected chi connectivity index (χ4v) is 3.28. The van der Waals surface area contributed by atoms with Crippen LogP contribution in [-0.2, 0) is 5.41 Å². The number of hydrogen-bond acceptors (Lipinski definition) is 0. The van der Waals surface area contributed by atoms with Crippen molar-refractivity contribution in [3.8, 4) is 0 Å². The molecule has 0 bridgehead atoms. The van der Waals surface area contributed by atoms with E-state index in [-0.39, 0.29) is 5.41 Å². The number of allylic oxidation sites excluding steroid dienone is 3. The largest absolute Gasteiger partial charge is 0.0908 e. The van der Waals surface area contributed by atoms with E-state index >= 15 is 0 Å². The molecule has 0 unspecified atom stereocenters. The summed E-state index contributed by atoms with van der Waals surface area (Å²) in [6.45, 7) is 11.1. The van der Waals surface area contributed by atoms with Crippen LogP contribution in [0.3, 0.4) is 0 Å². The molecule has 0 N–H and O–H groups in total. The molecule has 0 heteroatoms. The van der Waals surface area contributed by atoms with Crippen LogP contribution < -0.4 is 0 Å². The minimum Gasteiger partial charge on any atom is -0.0908 e. The van der Waals surface area contributed by atoms with Crippen LogP contribution in [0.25, 0.3) is 5.57 Å². The van der Waals surface area contributed by atoms with Gasteiger partial charge in [-0.2, -0.15) is 0 Å². The minimum atomic E-state index is 0.212. The molecule has 0 atom stereocenters. The van der Waals surface area contributed by atoms with Crippen LogP contribution in [0.2, 0.25) is 0 Å². The Morgan fingerprint density at radius 2 is 1.76 bits per heavy atom. The van der Waals surface area contributed by atoms with E-state index in [0.717, 1.165) is 19.3 Å². The first-order valence-corrected chi connectivity index (χ1v) is 6.71. The van der Waals surface area contributed by atoms with Crippen LogP contribution in [-0.4, -0.2) is 0 Å². The van der Waals surface area contributed by atoms with Crippen LogP contribution >= 0.6 is 0 Å². The molecule has 90 valence electrons. The smallest absolute Gasteiger partial charge is 0.0206 e. The Kier molecular flexibility index (Phi) is 3.24. The first-order chi connectivity index (χ1) is 8.21. The van der Waals surface area contributed by atoms with Gasteiger partial charge in [0.25, 0.3) is 0 Å². The molecule has 0 radical (unpaired) electrons. The first-order valence-electron chi connectivity index (χ1n) is 6.71. The summed E-state index contributed by atoms with van der Waals surface area (Å²) in [5, 5.41) is 0. The van der Waals surface area contributed by atoms with Gasteiger partial charge in [-0.05, 0) is 41.5 Å². The number of hydrogen-bond donors (Lipinski definition) is 0. The average Bonchev–Trinajstić information content (AvgIpc) is 2.61. The van der Waals surface area contributed by atoms with Crippen LogP contribution in [0.4, 0.5) is 0 Å². The molecule has 0 amide bonds. The summed E-state index contributed by atoms with van der Waals surface area (Å²) in [5.41, 5.74) is 5.76. The van der Waals surface area contributed by atoms with Crippen LogP contribution in [0.1, 0.15) is 51.2 Å². The van der Waals surface area contributed by atoms with Crippen molar-refractivity contribution in [3.63, 3.8) is 0 Å². The van der Waals surface area contributed by atoms with E-state index in [9.17, 15) is 0 Å². The summed E-state index contributed by atoms with van der Waals surface area (Å²) in [6, 6.07) is 8.77. The van der Waals surface area contributed by atoms with Gasteiger partial charge in [0.05, 0.1) is 0 Å². The van der Waals surface area contributed by atoms with Gasteiger partial charge in [-0.15, -0.1) is 0 Å². The maximum Gasteiger partial charge on any atom is 0.0206 e. The summed E-state index contributed by atoms with van der Waals surface area (Å²) in [4.78, 5) is 0. The zero-order valence-corrected chi connectivity index (χ0v) is 11.2. The predicted molar refractivity (Wildman–Crippen MR) is 76.1 cm³/mol. The molecular formula is C17H22. The summed E-state index contributed by atoms with van der Waals surface area (Å²) >= 11 is 0. The second-order valence-electron chi connectivity index (χ2n) is 4.84. The van der Waals surface area contributed by atoms with E-state index in [1.165, 1.54) is 22.3 Å². The Bertz CT molecular complexity index is 459. The molecule has 1 aliphatic rings. The quantitative estimate of drug-likeness (QED) is 0.672. The van der Waals surface area contributed by atoms with Gasteiger partial charge in [0.15, 0.2) is 0 Å². The molecule has 0 spiro atoms. The van der Waals surface area contributed by atoms with Gasteiger partial charge in [-0.3, -0.25) is 0 Å². The van der Waals surface area contributed by atoms with E-state index < -0.39 is 0 Å². The van der Waals surface area contributed by atoms with Crippen LogP contribution in [0.5, 0.6) is 0 Å². The maximum absolute atomic E-state index is 4.32. The Balaban J connectivity index is 2.69. The van der Waals surface area contributed by atoms with Crippen molar-refractivity contribution in [2.24, 2.45) is 0 Å². The Hall–Kier alpha value is -1.30. The lowest BCUT2D eigenvalue weighted by atomic mass is 9.73. The van der Waals surface area contributed by atoms with Crippen molar-refractivity contribution >= 4 is 5.57 Å². The zero-order chi connectivity index (χ0) is 12.5. The standard InChI is InChI=1S/C17H22/c1-5-10-15-13(4)14-11-8-9-12-16(14)17(15,6-2)7-3/h8-12H,4-7H2,1-3H3/b15-10+. The summed E-state index contributed by atoms with van der Waals surface area (Å²) in [6.07, 6.45) is 5.77. The summed E-state index contributed by atoms with van der Waals surface area (Å²) in [7, 11) is 0. The molecule has 0 saturated carbocycles. The number of rotatable bonds is 3. The van der Waals surface area contributed by atoms with Crippen molar-refractivity contribution in [2.45, 2.75) is 45.4 Å². The Morgan fingerprint density at radius 3 is 2.35 bits per heavy atom.